The summed E-state index contributed by atoms with van der Waals surface area (Å²) in [6.45, 7) is 7.29. The van der Waals surface area contributed by atoms with Crippen LogP contribution < -0.4 is 10.6 Å². The third-order valence-electron chi connectivity index (χ3n) is 4.41. The molecule has 2 heterocycles. The van der Waals surface area contributed by atoms with Crippen molar-refractivity contribution in [1.29, 1.82) is 0 Å². The van der Waals surface area contributed by atoms with E-state index in [1.807, 2.05) is 0 Å². The fraction of sp³-hybridized carbons (Fsp3) is 0.867. The Kier molecular flexibility index (Phi) is 5.83. The Bertz CT molecular complexity index is 389. The summed E-state index contributed by atoms with van der Waals surface area (Å²) in [5, 5.41) is 7.60. The quantitative estimate of drug-likeness (QED) is 0.805. The van der Waals surface area contributed by atoms with Gasteiger partial charge in [-0.25, -0.2) is 0 Å². The van der Waals surface area contributed by atoms with E-state index in [4.69, 9.17) is 10.7 Å². The number of piperidine rings is 1. The van der Waals surface area contributed by atoms with Crippen molar-refractivity contribution in [2.24, 2.45) is 11.7 Å². The van der Waals surface area contributed by atoms with Crippen LogP contribution in [-0.2, 0) is 0 Å². The van der Waals surface area contributed by atoms with Gasteiger partial charge in [-0.1, -0.05) is 26.7 Å². The minimum absolute atomic E-state index is 0.520. The predicted molar refractivity (Wildman–Crippen MR) is 82.9 cm³/mol. The van der Waals surface area contributed by atoms with Gasteiger partial charge in [-0.3, -0.25) is 5.10 Å². The van der Waals surface area contributed by atoms with E-state index in [0.29, 0.717) is 11.8 Å². The number of nitrogens with two attached hydrogens (primary N) is 1. The zero-order valence-electron chi connectivity index (χ0n) is 12.9. The topological polar surface area (TPSA) is 70.8 Å². The van der Waals surface area contributed by atoms with Gasteiger partial charge < -0.3 is 10.6 Å². The number of anilines is 1. The van der Waals surface area contributed by atoms with Gasteiger partial charge in [0, 0.05) is 19.0 Å². The van der Waals surface area contributed by atoms with Crippen LogP contribution in [0, 0.1) is 5.92 Å². The molecule has 5 nitrogen and oxygen atoms in total. The van der Waals surface area contributed by atoms with Crippen molar-refractivity contribution in [2.45, 2.75) is 58.3 Å². The van der Waals surface area contributed by atoms with E-state index in [1.54, 1.807) is 0 Å². The molecule has 0 saturated carbocycles. The van der Waals surface area contributed by atoms with Gasteiger partial charge in [0.05, 0.1) is 0 Å². The van der Waals surface area contributed by atoms with E-state index in [2.05, 4.69) is 28.9 Å². The summed E-state index contributed by atoms with van der Waals surface area (Å²) in [5.74, 6) is 3.04. The van der Waals surface area contributed by atoms with Crippen LogP contribution in [0.25, 0.3) is 0 Å². The zero-order valence-corrected chi connectivity index (χ0v) is 12.9. The number of hydrogen-bond donors (Lipinski definition) is 2. The monoisotopic (exact) mass is 279 g/mol. The molecular weight excluding hydrogens is 250 g/mol. The Labute approximate surface area is 122 Å². The maximum atomic E-state index is 5.80. The average Bonchev–Trinajstić information content (AvgIpc) is 2.98. The maximum absolute atomic E-state index is 5.80. The lowest BCUT2D eigenvalue weighted by Gasteiger charge is -2.31. The van der Waals surface area contributed by atoms with Crippen molar-refractivity contribution in [3.05, 3.63) is 5.82 Å². The average molecular weight is 279 g/mol. The highest BCUT2D eigenvalue weighted by molar-refractivity contribution is 5.30. The van der Waals surface area contributed by atoms with Crippen LogP contribution in [0.1, 0.15) is 64.1 Å². The fourth-order valence-electron chi connectivity index (χ4n) is 3.01. The van der Waals surface area contributed by atoms with Gasteiger partial charge in [0.15, 0.2) is 0 Å². The molecule has 2 unspecified atom stereocenters. The molecular formula is C15H29N5. The molecule has 1 aliphatic rings. The van der Waals surface area contributed by atoms with Crippen LogP contribution in [0.2, 0.25) is 0 Å². The molecule has 2 rings (SSSR count). The van der Waals surface area contributed by atoms with Crippen molar-refractivity contribution >= 4 is 5.95 Å². The van der Waals surface area contributed by atoms with E-state index < -0.39 is 0 Å². The molecule has 0 aromatic carbocycles. The first-order chi connectivity index (χ1) is 9.78. The number of nitrogens with one attached hydrogen (secondary N) is 1. The Balaban J connectivity index is 2.00. The molecule has 1 fully saturated rings. The molecule has 0 spiro atoms. The van der Waals surface area contributed by atoms with E-state index in [0.717, 1.165) is 37.8 Å². The van der Waals surface area contributed by atoms with Gasteiger partial charge in [0.25, 0.3) is 0 Å². The third kappa shape index (κ3) is 3.72. The Hall–Kier alpha value is -1.10. The molecule has 0 radical (unpaired) electrons. The van der Waals surface area contributed by atoms with Crippen LogP contribution in [0.3, 0.4) is 0 Å². The molecule has 1 aromatic rings. The molecule has 1 aliphatic heterocycles. The maximum Gasteiger partial charge on any atom is 0.244 e. The summed E-state index contributed by atoms with van der Waals surface area (Å²) in [6, 6.07) is 0. The number of nitrogens with zero attached hydrogens (tertiary/aromatic N) is 3. The first-order valence-electron chi connectivity index (χ1n) is 8.15. The first kappa shape index (κ1) is 15.3. The van der Waals surface area contributed by atoms with Crippen molar-refractivity contribution < 1.29 is 0 Å². The predicted octanol–water partition coefficient (Wildman–Crippen LogP) is 2.66. The molecule has 2 atom stereocenters. The lowest BCUT2D eigenvalue weighted by atomic mass is 9.98. The van der Waals surface area contributed by atoms with E-state index in [1.165, 1.54) is 32.1 Å². The Morgan fingerprint density at radius 1 is 1.45 bits per heavy atom. The van der Waals surface area contributed by atoms with Gasteiger partial charge >= 0.3 is 0 Å². The second-order valence-corrected chi connectivity index (χ2v) is 5.96. The highest BCUT2D eigenvalue weighted by atomic mass is 15.4. The van der Waals surface area contributed by atoms with Crippen molar-refractivity contribution in [2.75, 3.05) is 24.5 Å². The number of aromatic amines is 1. The van der Waals surface area contributed by atoms with Crippen LogP contribution in [0.5, 0.6) is 0 Å². The molecule has 114 valence electrons. The molecule has 0 amide bonds. The minimum atomic E-state index is 0.520. The fourth-order valence-corrected chi connectivity index (χ4v) is 3.01. The highest BCUT2D eigenvalue weighted by Crippen LogP contribution is 2.25. The summed E-state index contributed by atoms with van der Waals surface area (Å²) in [4.78, 5) is 7.03. The lowest BCUT2D eigenvalue weighted by molar-refractivity contribution is 0.419. The Morgan fingerprint density at radius 2 is 2.30 bits per heavy atom. The second-order valence-electron chi connectivity index (χ2n) is 5.96. The Morgan fingerprint density at radius 3 is 3.00 bits per heavy atom. The van der Waals surface area contributed by atoms with Gasteiger partial charge in [0.1, 0.15) is 5.82 Å². The standard InChI is InChI=1S/C15H29N5/c1-3-5-8-13(4-2)14-17-15(19-18-14)20-9-6-7-12(10-16)11-20/h12-13H,3-11,16H2,1-2H3,(H,17,18,19). The molecule has 3 N–H and O–H groups in total. The number of unbranched alkanes of at least 4 members (excludes halogenated alkanes) is 1. The largest absolute Gasteiger partial charge is 0.339 e. The number of rotatable bonds is 7. The summed E-state index contributed by atoms with van der Waals surface area (Å²) in [7, 11) is 0. The van der Waals surface area contributed by atoms with Gasteiger partial charge in [-0.15, -0.1) is 5.10 Å². The highest BCUT2D eigenvalue weighted by Gasteiger charge is 2.23. The zero-order chi connectivity index (χ0) is 14.4. The summed E-state index contributed by atoms with van der Waals surface area (Å²) in [6.07, 6.45) is 7.25. The lowest BCUT2D eigenvalue weighted by Crippen LogP contribution is -2.39. The molecule has 0 aliphatic carbocycles. The number of H-pyrrole nitrogens is 1. The number of aromatic nitrogens is 3. The molecule has 0 bridgehead atoms. The van der Waals surface area contributed by atoms with E-state index in [-0.39, 0.29) is 0 Å². The second kappa shape index (κ2) is 7.62. The van der Waals surface area contributed by atoms with Crippen LogP contribution in [0.4, 0.5) is 5.95 Å². The SMILES string of the molecule is CCCCC(CC)c1nc(N2CCCC(CN)C2)n[nH]1. The summed E-state index contributed by atoms with van der Waals surface area (Å²) in [5.41, 5.74) is 5.80. The normalized spacial score (nSPS) is 21.1. The third-order valence-corrected chi connectivity index (χ3v) is 4.41. The first-order valence-corrected chi connectivity index (χ1v) is 8.15. The van der Waals surface area contributed by atoms with Crippen molar-refractivity contribution in [3.8, 4) is 0 Å². The van der Waals surface area contributed by atoms with Crippen molar-refractivity contribution in [1.82, 2.24) is 15.2 Å². The molecule has 1 aromatic heterocycles. The summed E-state index contributed by atoms with van der Waals surface area (Å²) >= 11 is 0. The minimum Gasteiger partial charge on any atom is -0.339 e. The summed E-state index contributed by atoms with van der Waals surface area (Å²) < 4.78 is 0. The van der Waals surface area contributed by atoms with E-state index >= 15 is 0 Å². The van der Waals surface area contributed by atoms with Gasteiger partial charge in [-0.05, 0) is 38.1 Å². The molecule has 5 heteroatoms. The van der Waals surface area contributed by atoms with Gasteiger partial charge in [0.2, 0.25) is 5.95 Å². The van der Waals surface area contributed by atoms with Crippen LogP contribution >= 0.6 is 0 Å². The molecule has 20 heavy (non-hydrogen) atoms. The van der Waals surface area contributed by atoms with Crippen molar-refractivity contribution in [3.63, 3.8) is 0 Å². The van der Waals surface area contributed by atoms with Crippen LogP contribution in [0.15, 0.2) is 0 Å². The molecule has 1 saturated heterocycles. The van der Waals surface area contributed by atoms with Crippen LogP contribution in [-0.4, -0.2) is 34.8 Å². The van der Waals surface area contributed by atoms with E-state index in [9.17, 15) is 0 Å². The number of hydrogen-bond acceptors (Lipinski definition) is 4. The van der Waals surface area contributed by atoms with Gasteiger partial charge in [-0.2, -0.15) is 4.98 Å². The smallest absolute Gasteiger partial charge is 0.244 e.